The van der Waals surface area contributed by atoms with Crippen LogP contribution in [0.4, 0.5) is 4.79 Å². The minimum absolute atomic E-state index is 0.235. The lowest BCUT2D eigenvalue weighted by molar-refractivity contribution is -0.0557. The molecule has 0 saturated carbocycles. The van der Waals surface area contributed by atoms with Crippen molar-refractivity contribution >= 4 is 12.1 Å². The van der Waals surface area contributed by atoms with Gasteiger partial charge in [-0.3, -0.25) is 0 Å². The Morgan fingerprint density at radius 1 is 1.24 bits per heavy atom. The van der Waals surface area contributed by atoms with Crippen LogP contribution >= 0.6 is 0 Å². The Morgan fingerprint density at radius 2 is 1.92 bits per heavy atom. The summed E-state index contributed by atoms with van der Waals surface area (Å²) in [6, 6.07) is 6.66. The quantitative estimate of drug-likeness (QED) is 0.776. The Labute approximate surface area is 147 Å². The number of carbonyl (C=O) groups is 2. The van der Waals surface area contributed by atoms with Crippen molar-refractivity contribution in [2.75, 3.05) is 33.4 Å². The SMILES string of the molecule is COC(=O)c1ccc(OCC2CN(C(=O)OC(C)(C)C)CCO2)cc1. The molecule has 0 radical (unpaired) electrons. The van der Waals surface area contributed by atoms with Crippen LogP contribution in [0.15, 0.2) is 24.3 Å². The van der Waals surface area contributed by atoms with Crippen LogP contribution in [0.25, 0.3) is 0 Å². The van der Waals surface area contributed by atoms with Crippen molar-refractivity contribution in [3.63, 3.8) is 0 Å². The molecular formula is C18H25NO6. The molecule has 0 N–H and O–H groups in total. The molecule has 1 aromatic rings. The summed E-state index contributed by atoms with van der Waals surface area (Å²) >= 11 is 0. The maximum absolute atomic E-state index is 12.1. The van der Waals surface area contributed by atoms with Gasteiger partial charge in [-0.15, -0.1) is 0 Å². The van der Waals surface area contributed by atoms with E-state index in [1.54, 1.807) is 29.2 Å². The molecule has 2 rings (SSSR count). The second-order valence-corrected chi connectivity index (χ2v) is 6.75. The van der Waals surface area contributed by atoms with Crippen molar-refractivity contribution in [2.45, 2.75) is 32.5 Å². The highest BCUT2D eigenvalue weighted by molar-refractivity contribution is 5.89. The van der Waals surface area contributed by atoms with E-state index in [4.69, 9.17) is 14.2 Å². The van der Waals surface area contributed by atoms with E-state index in [9.17, 15) is 9.59 Å². The molecule has 138 valence electrons. The van der Waals surface area contributed by atoms with E-state index >= 15 is 0 Å². The van der Waals surface area contributed by atoms with E-state index in [1.807, 2.05) is 20.8 Å². The number of morpholine rings is 1. The molecule has 25 heavy (non-hydrogen) atoms. The summed E-state index contributed by atoms with van der Waals surface area (Å²) in [6.07, 6.45) is -0.579. The van der Waals surface area contributed by atoms with E-state index in [1.165, 1.54) is 7.11 Å². The van der Waals surface area contributed by atoms with Crippen LogP contribution in [-0.2, 0) is 14.2 Å². The number of amides is 1. The minimum Gasteiger partial charge on any atom is -0.491 e. The van der Waals surface area contributed by atoms with Crippen molar-refractivity contribution < 1.29 is 28.5 Å². The summed E-state index contributed by atoms with van der Waals surface area (Å²) in [5.74, 6) is 0.223. The molecule has 0 bridgehead atoms. The van der Waals surface area contributed by atoms with Gasteiger partial charge in [0.25, 0.3) is 0 Å². The smallest absolute Gasteiger partial charge is 0.410 e. The van der Waals surface area contributed by atoms with Crippen LogP contribution in [0, 0.1) is 0 Å². The molecule has 1 heterocycles. The van der Waals surface area contributed by atoms with Crippen molar-refractivity contribution in [3.05, 3.63) is 29.8 Å². The second-order valence-electron chi connectivity index (χ2n) is 6.75. The van der Waals surface area contributed by atoms with Crippen LogP contribution in [-0.4, -0.2) is 62.1 Å². The number of benzene rings is 1. The summed E-state index contributed by atoms with van der Waals surface area (Å²) in [6.45, 7) is 7.16. The monoisotopic (exact) mass is 351 g/mol. The fourth-order valence-electron chi connectivity index (χ4n) is 2.31. The summed E-state index contributed by atoms with van der Waals surface area (Å²) in [5.41, 5.74) is -0.0668. The molecule has 1 aliphatic heterocycles. The fraction of sp³-hybridized carbons (Fsp3) is 0.556. The average Bonchev–Trinajstić information content (AvgIpc) is 2.58. The van der Waals surface area contributed by atoms with E-state index in [0.29, 0.717) is 37.6 Å². The topological polar surface area (TPSA) is 74.3 Å². The third-order valence-electron chi connectivity index (χ3n) is 3.50. The number of rotatable bonds is 4. The lowest BCUT2D eigenvalue weighted by Crippen LogP contribution is -2.49. The lowest BCUT2D eigenvalue weighted by Gasteiger charge is -2.34. The van der Waals surface area contributed by atoms with Gasteiger partial charge in [-0.25, -0.2) is 9.59 Å². The van der Waals surface area contributed by atoms with Gasteiger partial charge in [0.2, 0.25) is 0 Å². The third kappa shape index (κ3) is 5.94. The van der Waals surface area contributed by atoms with Crippen LogP contribution in [0.3, 0.4) is 0 Å². The molecule has 0 spiro atoms. The minimum atomic E-state index is -0.525. The number of methoxy groups -OCH3 is 1. The number of hydrogen-bond acceptors (Lipinski definition) is 6. The Bertz CT molecular complexity index is 593. The first-order valence-corrected chi connectivity index (χ1v) is 8.19. The van der Waals surface area contributed by atoms with Gasteiger partial charge in [-0.1, -0.05) is 0 Å². The first-order chi connectivity index (χ1) is 11.8. The van der Waals surface area contributed by atoms with Crippen LogP contribution in [0.2, 0.25) is 0 Å². The first-order valence-electron chi connectivity index (χ1n) is 8.19. The maximum atomic E-state index is 12.1. The Kier molecular flexibility index (Phi) is 6.25. The molecule has 1 atom stereocenters. The highest BCUT2D eigenvalue weighted by Gasteiger charge is 2.28. The standard InChI is InChI=1S/C18H25NO6/c1-18(2,3)25-17(21)19-9-10-23-15(11-19)12-24-14-7-5-13(6-8-14)16(20)22-4/h5-8,15H,9-12H2,1-4H3. The molecule has 1 fully saturated rings. The van der Waals surface area contributed by atoms with Crippen molar-refractivity contribution in [2.24, 2.45) is 0 Å². The van der Waals surface area contributed by atoms with Gasteiger partial charge in [0.15, 0.2) is 0 Å². The van der Waals surface area contributed by atoms with Gasteiger partial charge in [0.05, 0.1) is 25.8 Å². The molecule has 1 saturated heterocycles. The molecule has 0 aromatic heterocycles. The van der Waals surface area contributed by atoms with E-state index in [2.05, 4.69) is 4.74 Å². The lowest BCUT2D eigenvalue weighted by atomic mass is 10.2. The van der Waals surface area contributed by atoms with Crippen molar-refractivity contribution in [1.29, 1.82) is 0 Å². The first kappa shape index (κ1) is 19.1. The van der Waals surface area contributed by atoms with Gasteiger partial charge in [-0.2, -0.15) is 0 Å². The predicted molar refractivity (Wildman–Crippen MR) is 90.8 cm³/mol. The largest absolute Gasteiger partial charge is 0.491 e. The van der Waals surface area contributed by atoms with Gasteiger partial charge >= 0.3 is 12.1 Å². The number of nitrogens with zero attached hydrogens (tertiary/aromatic N) is 1. The Hall–Kier alpha value is -2.28. The third-order valence-corrected chi connectivity index (χ3v) is 3.50. The summed E-state index contributed by atoms with van der Waals surface area (Å²) in [4.78, 5) is 25.2. The van der Waals surface area contributed by atoms with Gasteiger partial charge in [-0.05, 0) is 45.0 Å². The van der Waals surface area contributed by atoms with Crippen LogP contribution in [0.5, 0.6) is 5.75 Å². The number of esters is 1. The van der Waals surface area contributed by atoms with Gasteiger partial charge in [0.1, 0.15) is 24.1 Å². The molecule has 1 unspecified atom stereocenters. The zero-order valence-corrected chi connectivity index (χ0v) is 15.1. The normalized spacial score (nSPS) is 17.8. The molecular weight excluding hydrogens is 326 g/mol. The predicted octanol–water partition coefficient (Wildman–Crippen LogP) is 2.49. The summed E-state index contributed by atoms with van der Waals surface area (Å²) in [7, 11) is 1.34. The number of hydrogen-bond donors (Lipinski definition) is 0. The molecule has 1 aliphatic rings. The van der Waals surface area contributed by atoms with Crippen LogP contribution < -0.4 is 4.74 Å². The van der Waals surface area contributed by atoms with Crippen molar-refractivity contribution in [3.8, 4) is 5.75 Å². The summed E-state index contributed by atoms with van der Waals surface area (Å²) in [5, 5.41) is 0. The molecule has 7 nitrogen and oxygen atoms in total. The molecule has 1 amide bonds. The Balaban J connectivity index is 1.84. The molecule has 7 heteroatoms. The zero-order chi connectivity index (χ0) is 18.4. The highest BCUT2D eigenvalue weighted by atomic mass is 16.6. The van der Waals surface area contributed by atoms with E-state index in [0.717, 1.165) is 0 Å². The highest BCUT2D eigenvalue weighted by Crippen LogP contribution is 2.16. The van der Waals surface area contributed by atoms with E-state index < -0.39 is 11.6 Å². The maximum Gasteiger partial charge on any atom is 0.410 e. The van der Waals surface area contributed by atoms with E-state index in [-0.39, 0.29) is 12.2 Å². The summed E-state index contributed by atoms with van der Waals surface area (Å²) < 4.78 is 21.4. The van der Waals surface area contributed by atoms with Gasteiger partial charge < -0.3 is 23.8 Å². The fourth-order valence-corrected chi connectivity index (χ4v) is 2.31. The molecule has 0 aliphatic carbocycles. The van der Waals surface area contributed by atoms with Gasteiger partial charge in [0, 0.05) is 6.54 Å². The Morgan fingerprint density at radius 3 is 2.52 bits per heavy atom. The van der Waals surface area contributed by atoms with Crippen molar-refractivity contribution in [1.82, 2.24) is 4.90 Å². The zero-order valence-electron chi connectivity index (χ0n) is 15.1. The number of ether oxygens (including phenoxy) is 4. The second kappa shape index (κ2) is 8.20. The number of carbonyl (C=O) groups excluding carboxylic acids is 2. The molecule has 1 aromatic carbocycles. The average molecular weight is 351 g/mol. The van der Waals surface area contributed by atoms with Crippen LogP contribution in [0.1, 0.15) is 31.1 Å².